The third-order valence-electron chi connectivity index (χ3n) is 4.13. The molecular weight excluding hydrogens is 409 g/mol. The van der Waals surface area contributed by atoms with Crippen molar-refractivity contribution in [3.05, 3.63) is 66.7 Å². The SMILES string of the molecule is COc1ccccc1NC(=O)CSc1ncnc2cc(-c3ccc(F)cc3)sc12. The van der Waals surface area contributed by atoms with Crippen molar-refractivity contribution >= 4 is 44.9 Å². The van der Waals surface area contributed by atoms with Crippen molar-refractivity contribution in [3.63, 3.8) is 0 Å². The molecule has 0 spiro atoms. The minimum atomic E-state index is -0.271. The maximum atomic E-state index is 13.2. The zero-order valence-electron chi connectivity index (χ0n) is 15.4. The van der Waals surface area contributed by atoms with Crippen LogP contribution < -0.4 is 10.1 Å². The van der Waals surface area contributed by atoms with Gasteiger partial charge in [-0.1, -0.05) is 36.0 Å². The van der Waals surface area contributed by atoms with E-state index in [1.54, 1.807) is 31.4 Å². The van der Waals surface area contributed by atoms with Gasteiger partial charge in [0.1, 0.15) is 22.9 Å². The Bertz CT molecular complexity index is 1160. The van der Waals surface area contributed by atoms with E-state index in [2.05, 4.69) is 15.3 Å². The molecule has 4 aromatic rings. The minimum Gasteiger partial charge on any atom is -0.495 e. The molecule has 8 heteroatoms. The zero-order chi connectivity index (χ0) is 20.2. The molecule has 2 aromatic carbocycles. The zero-order valence-corrected chi connectivity index (χ0v) is 17.0. The molecule has 0 saturated carbocycles. The molecule has 2 aromatic heterocycles. The number of carbonyl (C=O) groups is 1. The van der Waals surface area contributed by atoms with Crippen LogP contribution in [0.3, 0.4) is 0 Å². The molecule has 1 amide bonds. The van der Waals surface area contributed by atoms with Crippen molar-refractivity contribution in [2.75, 3.05) is 18.2 Å². The molecular formula is C21H16FN3O2S2. The molecule has 2 heterocycles. The van der Waals surface area contributed by atoms with Crippen LogP contribution in [-0.2, 0) is 4.79 Å². The van der Waals surface area contributed by atoms with E-state index in [0.717, 1.165) is 25.7 Å². The predicted molar refractivity (Wildman–Crippen MR) is 115 cm³/mol. The van der Waals surface area contributed by atoms with Crippen LogP contribution in [0, 0.1) is 5.82 Å². The molecule has 146 valence electrons. The van der Waals surface area contributed by atoms with Gasteiger partial charge < -0.3 is 10.1 Å². The fraction of sp³-hybridized carbons (Fsp3) is 0.0952. The number of hydrogen-bond acceptors (Lipinski definition) is 6. The van der Waals surface area contributed by atoms with Crippen molar-refractivity contribution in [3.8, 4) is 16.2 Å². The molecule has 5 nitrogen and oxygen atoms in total. The molecule has 0 atom stereocenters. The van der Waals surface area contributed by atoms with Crippen LogP contribution in [0.4, 0.5) is 10.1 Å². The Morgan fingerprint density at radius 2 is 1.97 bits per heavy atom. The lowest BCUT2D eigenvalue weighted by Gasteiger charge is -2.09. The first kappa shape index (κ1) is 19.4. The summed E-state index contributed by atoms with van der Waals surface area (Å²) in [7, 11) is 1.56. The number of thiophene rings is 1. The summed E-state index contributed by atoms with van der Waals surface area (Å²) < 4.78 is 19.3. The second-order valence-corrected chi connectivity index (χ2v) is 8.06. The number of aromatic nitrogens is 2. The van der Waals surface area contributed by atoms with Gasteiger partial charge in [-0.15, -0.1) is 11.3 Å². The fourth-order valence-corrected chi connectivity index (χ4v) is 4.76. The highest BCUT2D eigenvalue weighted by Crippen LogP contribution is 2.37. The molecule has 0 unspecified atom stereocenters. The highest BCUT2D eigenvalue weighted by atomic mass is 32.2. The number of rotatable bonds is 6. The average Bonchev–Trinajstić information content (AvgIpc) is 3.18. The van der Waals surface area contributed by atoms with E-state index in [1.165, 1.54) is 41.6 Å². The van der Waals surface area contributed by atoms with Crippen molar-refractivity contribution < 1.29 is 13.9 Å². The van der Waals surface area contributed by atoms with Crippen LogP contribution in [0.1, 0.15) is 0 Å². The smallest absolute Gasteiger partial charge is 0.234 e. The third-order valence-corrected chi connectivity index (χ3v) is 6.43. The number of fused-ring (bicyclic) bond motifs is 1. The second kappa shape index (κ2) is 8.59. The lowest BCUT2D eigenvalue weighted by atomic mass is 10.2. The number of nitrogens with zero attached hydrogens (tertiary/aromatic N) is 2. The van der Waals surface area contributed by atoms with E-state index in [1.807, 2.05) is 18.2 Å². The Labute approximate surface area is 175 Å². The molecule has 0 radical (unpaired) electrons. The Hall–Kier alpha value is -2.97. The van der Waals surface area contributed by atoms with E-state index >= 15 is 0 Å². The first-order chi connectivity index (χ1) is 14.1. The number of methoxy groups -OCH3 is 1. The third kappa shape index (κ3) is 4.38. The number of para-hydroxylation sites is 2. The Balaban J connectivity index is 1.50. The van der Waals surface area contributed by atoms with Gasteiger partial charge in [-0.05, 0) is 35.9 Å². The van der Waals surface area contributed by atoms with Crippen LogP contribution in [0.25, 0.3) is 20.7 Å². The molecule has 0 aliphatic carbocycles. The van der Waals surface area contributed by atoms with Gasteiger partial charge in [-0.25, -0.2) is 14.4 Å². The molecule has 4 rings (SSSR count). The van der Waals surface area contributed by atoms with E-state index in [4.69, 9.17) is 4.74 Å². The van der Waals surface area contributed by atoms with E-state index in [0.29, 0.717) is 11.4 Å². The van der Waals surface area contributed by atoms with Crippen LogP contribution in [0.15, 0.2) is 66.0 Å². The van der Waals surface area contributed by atoms with Crippen molar-refractivity contribution in [1.29, 1.82) is 0 Å². The number of nitrogens with one attached hydrogen (secondary N) is 1. The largest absolute Gasteiger partial charge is 0.495 e. The first-order valence-electron chi connectivity index (χ1n) is 8.70. The molecule has 0 fully saturated rings. The van der Waals surface area contributed by atoms with Crippen LogP contribution in [0.5, 0.6) is 5.75 Å². The van der Waals surface area contributed by atoms with Gasteiger partial charge in [0.05, 0.1) is 28.8 Å². The predicted octanol–water partition coefficient (Wildman–Crippen LogP) is 5.24. The summed E-state index contributed by atoms with van der Waals surface area (Å²) >= 11 is 2.87. The normalized spacial score (nSPS) is 10.8. The average molecular weight is 426 g/mol. The Morgan fingerprint density at radius 1 is 1.17 bits per heavy atom. The topological polar surface area (TPSA) is 64.1 Å². The van der Waals surface area contributed by atoms with Crippen molar-refractivity contribution in [2.24, 2.45) is 0 Å². The molecule has 0 saturated heterocycles. The fourth-order valence-electron chi connectivity index (χ4n) is 2.76. The summed E-state index contributed by atoms with van der Waals surface area (Å²) in [6.45, 7) is 0. The summed E-state index contributed by atoms with van der Waals surface area (Å²) in [4.78, 5) is 22.0. The van der Waals surface area contributed by atoms with Gasteiger partial charge in [0.2, 0.25) is 5.91 Å². The number of halogens is 1. The molecule has 1 N–H and O–H groups in total. The molecule has 29 heavy (non-hydrogen) atoms. The molecule has 0 bridgehead atoms. The summed E-state index contributed by atoms with van der Waals surface area (Å²) in [5.74, 6) is 0.388. The summed E-state index contributed by atoms with van der Waals surface area (Å²) in [5, 5.41) is 3.60. The van der Waals surface area contributed by atoms with Gasteiger partial charge in [-0.2, -0.15) is 0 Å². The second-order valence-electron chi connectivity index (χ2n) is 6.05. The van der Waals surface area contributed by atoms with Crippen LogP contribution >= 0.6 is 23.1 Å². The standard InChI is InChI=1S/C21H16FN3O2S2/c1-27-17-5-3-2-4-15(17)25-19(26)11-28-21-20-16(23-12-24-21)10-18(29-20)13-6-8-14(22)9-7-13/h2-10,12H,11H2,1H3,(H,25,26). The van der Waals surface area contributed by atoms with Gasteiger partial charge in [0.15, 0.2) is 0 Å². The van der Waals surface area contributed by atoms with Gasteiger partial charge in [0, 0.05) is 4.88 Å². The molecule has 0 aliphatic heterocycles. The monoisotopic (exact) mass is 425 g/mol. The number of amides is 1. The van der Waals surface area contributed by atoms with Gasteiger partial charge >= 0.3 is 0 Å². The van der Waals surface area contributed by atoms with Crippen LogP contribution in [0.2, 0.25) is 0 Å². The lowest BCUT2D eigenvalue weighted by molar-refractivity contribution is -0.113. The number of hydrogen-bond donors (Lipinski definition) is 1. The van der Waals surface area contributed by atoms with Gasteiger partial charge in [0.25, 0.3) is 0 Å². The molecule has 0 aliphatic rings. The Morgan fingerprint density at radius 3 is 2.76 bits per heavy atom. The summed E-state index contributed by atoms with van der Waals surface area (Å²) in [6, 6.07) is 15.6. The first-order valence-corrected chi connectivity index (χ1v) is 10.5. The number of anilines is 1. The number of carbonyl (C=O) groups excluding carboxylic acids is 1. The Kier molecular flexibility index (Phi) is 5.73. The van der Waals surface area contributed by atoms with Gasteiger partial charge in [-0.3, -0.25) is 4.79 Å². The number of ether oxygens (including phenoxy) is 1. The number of thioether (sulfide) groups is 1. The van der Waals surface area contributed by atoms with E-state index in [9.17, 15) is 9.18 Å². The minimum absolute atomic E-state index is 0.151. The number of benzene rings is 2. The highest BCUT2D eigenvalue weighted by Gasteiger charge is 2.13. The quantitative estimate of drug-likeness (QED) is 0.338. The van der Waals surface area contributed by atoms with Crippen molar-refractivity contribution in [2.45, 2.75) is 5.03 Å². The maximum Gasteiger partial charge on any atom is 0.234 e. The van der Waals surface area contributed by atoms with E-state index < -0.39 is 0 Å². The van der Waals surface area contributed by atoms with Crippen molar-refractivity contribution in [1.82, 2.24) is 9.97 Å². The highest BCUT2D eigenvalue weighted by molar-refractivity contribution is 8.00. The lowest BCUT2D eigenvalue weighted by Crippen LogP contribution is -2.14. The summed E-state index contributed by atoms with van der Waals surface area (Å²) in [5.41, 5.74) is 2.35. The summed E-state index contributed by atoms with van der Waals surface area (Å²) in [6.07, 6.45) is 1.49. The van der Waals surface area contributed by atoms with Crippen LogP contribution in [-0.4, -0.2) is 28.7 Å². The van der Waals surface area contributed by atoms with E-state index in [-0.39, 0.29) is 17.5 Å². The maximum absolute atomic E-state index is 13.2.